The van der Waals surface area contributed by atoms with E-state index in [2.05, 4.69) is 9.97 Å². The number of aromatic amines is 1. The minimum atomic E-state index is -0.0953. The number of nitrogens with one attached hydrogen (secondary N) is 1. The molecule has 2 atom stereocenters. The Bertz CT molecular complexity index is 716. The SMILES string of the molecule is Cc1cccc2c(=O)[nH]c(CS[C@@H]3CCC[C@H](CO)O3)nc12. The molecule has 0 aliphatic carbocycles. The number of benzene rings is 1. The molecule has 0 saturated carbocycles. The molecule has 1 aliphatic rings. The van der Waals surface area contributed by atoms with Crippen LogP contribution in [0.25, 0.3) is 10.9 Å². The van der Waals surface area contributed by atoms with Gasteiger partial charge < -0.3 is 14.8 Å². The predicted octanol–water partition coefficient (Wildman–Crippen LogP) is 2.35. The summed E-state index contributed by atoms with van der Waals surface area (Å²) in [5, 5.41) is 9.81. The third-order valence-electron chi connectivity index (χ3n) is 3.91. The highest BCUT2D eigenvalue weighted by atomic mass is 32.2. The van der Waals surface area contributed by atoms with Crippen molar-refractivity contribution in [3.8, 4) is 0 Å². The second-order valence-corrected chi connectivity index (χ2v) is 6.74. The van der Waals surface area contributed by atoms with Crippen molar-refractivity contribution in [1.29, 1.82) is 0 Å². The van der Waals surface area contributed by atoms with Crippen LogP contribution in [0.4, 0.5) is 0 Å². The topological polar surface area (TPSA) is 75.2 Å². The van der Waals surface area contributed by atoms with E-state index in [1.165, 1.54) is 0 Å². The van der Waals surface area contributed by atoms with Crippen LogP contribution in [0.3, 0.4) is 0 Å². The number of H-pyrrole nitrogens is 1. The Morgan fingerprint density at radius 1 is 1.45 bits per heavy atom. The van der Waals surface area contributed by atoms with Gasteiger partial charge in [0.15, 0.2) is 0 Å². The summed E-state index contributed by atoms with van der Waals surface area (Å²) >= 11 is 1.63. The van der Waals surface area contributed by atoms with Crippen LogP contribution in [0.15, 0.2) is 23.0 Å². The second-order valence-electron chi connectivity index (χ2n) is 5.60. The van der Waals surface area contributed by atoms with Crippen molar-refractivity contribution in [3.63, 3.8) is 0 Å². The van der Waals surface area contributed by atoms with E-state index in [0.717, 1.165) is 30.3 Å². The quantitative estimate of drug-likeness (QED) is 0.904. The van der Waals surface area contributed by atoms with Gasteiger partial charge in [0.1, 0.15) is 11.3 Å². The van der Waals surface area contributed by atoms with Crippen LogP contribution in [0.5, 0.6) is 0 Å². The zero-order valence-corrected chi connectivity index (χ0v) is 13.4. The third-order valence-corrected chi connectivity index (χ3v) is 5.07. The van der Waals surface area contributed by atoms with Crippen LogP contribution in [-0.4, -0.2) is 33.2 Å². The van der Waals surface area contributed by atoms with Gasteiger partial charge in [-0.3, -0.25) is 4.79 Å². The zero-order valence-electron chi connectivity index (χ0n) is 12.5. The van der Waals surface area contributed by atoms with Gasteiger partial charge in [-0.1, -0.05) is 12.1 Å². The van der Waals surface area contributed by atoms with E-state index in [9.17, 15) is 9.90 Å². The largest absolute Gasteiger partial charge is 0.394 e. The molecule has 1 aromatic heterocycles. The van der Waals surface area contributed by atoms with Crippen LogP contribution >= 0.6 is 11.8 Å². The van der Waals surface area contributed by atoms with E-state index < -0.39 is 0 Å². The molecule has 0 spiro atoms. The van der Waals surface area contributed by atoms with Crippen LogP contribution in [0, 0.1) is 6.92 Å². The van der Waals surface area contributed by atoms with Crippen LogP contribution in [0.1, 0.15) is 30.7 Å². The molecule has 1 aromatic carbocycles. The highest BCUT2D eigenvalue weighted by molar-refractivity contribution is 7.99. The lowest BCUT2D eigenvalue weighted by molar-refractivity contribution is -0.0334. The van der Waals surface area contributed by atoms with Gasteiger partial charge in [0.2, 0.25) is 0 Å². The van der Waals surface area contributed by atoms with E-state index in [1.807, 2.05) is 19.1 Å². The fraction of sp³-hybridized carbons (Fsp3) is 0.500. The van der Waals surface area contributed by atoms with Crippen molar-refractivity contribution in [2.24, 2.45) is 0 Å². The number of fused-ring (bicyclic) bond motifs is 1. The number of aliphatic hydroxyl groups is 1. The first-order chi connectivity index (χ1) is 10.7. The Balaban J connectivity index is 1.74. The molecule has 0 amide bonds. The molecule has 22 heavy (non-hydrogen) atoms. The monoisotopic (exact) mass is 320 g/mol. The third kappa shape index (κ3) is 3.34. The summed E-state index contributed by atoms with van der Waals surface area (Å²) in [7, 11) is 0. The van der Waals surface area contributed by atoms with Gasteiger partial charge in [0.05, 0.1) is 29.4 Å². The number of para-hydroxylation sites is 1. The molecule has 1 aliphatic heterocycles. The van der Waals surface area contributed by atoms with E-state index in [0.29, 0.717) is 17.0 Å². The van der Waals surface area contributed by atoms with E-state index in [4.69, 9.17) is 4.74 Å². The van der Waals surface area contributed by atoms with Crippen molar-refractivity contribution < 1.29 is 9.84 Å². The molecule has 0 radical (unpaired) electrons. The maximum absolute atomic E-state index is 12.1. The lowest BCUT2D eigenvalue weighted by atomic mass is 10.1. The summed E-state index contributed by atoms with van der Waals surface area (Å²) in [6, 6.07) is 5.62. The molecular weight excluding hydrogens is 300 g/mol. The normalized spacial score (nSPS) is 22.1. The first-order valence-corrected chi connectivity index (χ1v) is 8.58. The van der Waals surface area contributed by atoms with Crippen LogP contribution < -0.4 is 5.56 Å². The fourth-order valence-corrected chi connectivity index (χ4v) is 3.76. The Kier molecular flexibility index (Phi) is 4.81. The van der Waals surface area contributed by atoms with Gasteiger partial charge in [0.25, 0.3) is 5.56 Å². The summed E-state index contributed by atoms with van der Waals surface area (Å²) in [4.78, 5) is 19.6. The molecule has 2 aromatic rings. The highest BCUT2D eigenvalue weighted by Crippen LogP contribution is 2.28. The van der Waals surface area contributed by atoms with Crippen molar-refractivity contribution in [1.82, 2.24) is 9.97 Å². The average molecular weight is 320 g/mol. The summed E-state index contributed by atoms with van der Waals surface area (Å²) in [5.74, 6) is 1.27. The number of nitrogens with zero attached hydrogens (tertiary/aromatic N) is 1. The number of thioether (sulfide) groups is 1. The van der Waals surface area contributed by atoms with Crippen molar-refractivity contribution in [2.45, 2.75) is 43.5 Å². The van der Waals surface area contributed by atoms with Crippen LogP contribution in [-0.2, 0) is 10.5 Å². The van der Waals surface area contributed by atoms with Crippen LogP contribution in [0.2, 0.25) is 0 Å². The summed E-state index contributed by atoms with van der Waals surface area (Å²) in [5.41, 5.74) is 1.73. The number of aromatic nitrogens is 2. The predicted molar refractivity (Wildman–Crippen MR) is 88.0 cm³/mol. The molecular formula is C16H20N2O3S. The number of ether oxygens (including phenoxy) is 1. The number of hydrogen-bond acceptors (Lipinski definition) is 5. The Labute approximate surface area is 133 Å². The highest BCUT2D eigenvalue weighted by Gasteiger charge is 2.22. The number of aryl methyl sites for hydroxylation is 1. The molecule has 5 nitrogen and oxygen atoms in total. The minimum absolute atomic E-state index is 0.0582. The van der Waals surface area contributed by atoms with E-state index in [1.54, 1.807) is 17.8 Å². The van der Waals surface area contributed by atoms with Gasteiger partial charge in [-0.2, -0.15) is 0 Å². The molecule has 118 valence electrons. The average Bonchev–Trinajstić information content (AvgIpc) is 2.54. The molecule has 1 fully saturated rings. The van der Waals surface area contributed by atoms with Crippen molar-refractivity contribution >= 4 is 22.7 Å². The Hall–Kier alpha value is -1.37. The molecule has 0 unspecified atom stereocenters. The minimum Gasteiger partial charge on any atom is -0.394 e. The molecule has 6 heteroatoms. The van der Waals surface area contributed by atoms with Crippen molar-refractivity contribution in [3.05, 3.63) is 39.9 Å². The van der Waals surface area contributed by atoms with E-state index in [-0.39, 0.29) is 23.7 Å². The van der Waals surface area contributed by atoms with E-state index >= 15 is 0 Å². The fourth-order valence-electron chi connectivity index (χ4n) is 2.71. The van der Waals surface area contributed by atoms with Gasteiger partial charge >= 0.3 is 0 Å². The zero-order chi connectivity index (χ0) is 15.5. The van der Waals surface area contributed by atoms with Gasteiger partial charge in [-0.05, 0) is 37.8 Å². The smallest absolute Gasteiger partial charge is 0.258 e. The number of aliphatic hydroxyl groups excluding tert-OH is 1. The molecule has 1 saturated heterocycles. The number of rotatable bonds is 4. The Morgan fingerprint density at radius 2 is 2.32 bits per heavy atom. The maximum atomic E-state index is 12.1. The summed E-state index contributed by atoms with van der Waals surface area (Å²) in [6.45, 7) is 2.03. The van der Waals surface area contributed by atoms with Gasteiger partial charge in [-0.15, -0.1) is 11.8 Å². The van der Waals surface area contributed by atoms with Gasteiger partial charge in [0, 0.05) is 0 Å². The van der Waals surface area contributed by atoms with Gasteiger partial charge in [-0.25, -0.2) is 4.98 Å². The first kappa shape index (κ1) is 15.5. The van der Waals surface area contributed by atoms with Crippen molar-refractivity contribution in [2.75, 3.05) is 6.61 Å². The molecule has 3 rings (SSSR count). The summed E-state index contributed by atoms with van der Waals surface area (Å²) < 4.78 is 5.79. The molecule has 0 bridgehead atoms. The molecule has 2 heterocycles. The lowest BCUT2D eigenvalue weighted by Gasteiger charge is -2.28. The maximum Gasteiger partial charge on any atom is 0.258 e. The standard InChI is InChI=1S/C16H20N2O3S/c1-10-4-2-6-12-15(10)17-13(18-16(12)20)9-22-14-7-3-5-11(8-19)21-14/h2,4,6,11,14,19H,3,5,7-9H2,1H3,(H,17,18,20)/t11-,14-/m1/s1. The second kappa shape index (κ2) is 6.81. The lowest BCUT2D eigenvalue weighted by Crippen LogP contribution is -2.28. The number of hydrogen-bond donors (Lipinski definition) is 2. The first-order valence-electron chi connectivity index (χ1n) is 7.54. The molecule has 2 N–H and O–H groups in total. The summed E-state index contributed by atoms with van der Waals surface area (Å²) in [6.07, 6.45) is 2.89. The Morgan fingerprint density at radius 3 is 3.14 bits per heavy atom.